The molecule has 0 aliphatic carbocycles. The highest BCUT2D eigenvalue weighted by Crippen LogP contribution is 2.10. The number of rotatable bonds is 6. The first-order valence-corrected chi connectivity index (χ1v) is 5.54. The second-order valence-corrected chi connectivity index (χ2v) is 3.97. The summed E-state index contributed by atoms with van der Waals surface area (Å²) in [5.41, 5.74) is 1.26. The van der Waals surface area contributed by atoms with Crippen molar-refractivity contribution in [3.63, 3.8) is 0 Å². The lowest BCUT2D eigenvalue weighted by molar-refractivity contribution is -0.111. The van der Waals surface area contributed by atoms with Crippen LogP contribution in [0.1, 0.15) is 31.4 Å². The highest BCUT2D eigenvalue weighted by atomic mass is 35.5. The third-order valence-electron chi connectivity index (χ3n) is 2.30. The fourth-order valence-electron chi connectivity index (χ4n) is 1.41. The molecule has 1 aromatic carbocycles. The number of nitrogens with one attached hydrogen (secondary N) is 1. The van der Waals surface area contributed by atoms with Gasteiger partial charge < -0.3 is 5.32 Å². The predicted molar refractivity (Wildman–Crippen MR) is 63.0 cm³/mol. The van der Waals surface area contributed by atoms with Crippen LogP contribution in [-0.4, -0.2) is 11.8 Å². The number of halogens is 1. The van der Waals surface area contributed by atoms with Crippen molar-refractivity contribution < 1.29 is 4.79 Å². The Hall–Kier alpha value is -0.860. The molecule has 0 saturated heterocycles. The van der Waals surface area contributed by atoms with Crippen LogP contribution in [-0.2, 0) is 4.79 Å². The number of carbonyl (C=O) groups is 1. The smallest absolute Gasteiger partial charge is 0.221 e. The van der Waals surface area contributed by atoms with E-state index in [1.54, 1.807) is 0 Å². The van der Waals surface area contributed by atoms with Gasteiger partial charge in [0.15, 0.2) is 0 Å². The third-order valence-corrected chi connectivity index (χ3v) is 2.49. The maximum absolute atomic E-state index is 10.5. The first kappa shape index (κ1) is 12.2. The summed E-state index contributed by atoms with van der Waals surface area (Å²) in [5.74, 6) is 0. The summed E-state index contributed by atoms with van der Waals surface area (Å²) in [4.78, 5) is 10.5. The van der Waals surface area contributed by atoms with Crippen molar-refractivity contribution >= 4 is 16.8 Å². The van der Waals surface area contributed by atoms with Crippen LogP contribution in [0.15, 0.2) is 30.3 Å². The highest BCUT2D eigenvalue weighted by molar-refractivity contribution is 6.63. The molecule has 1 N–H and O–H groups in total. The monoisotopic (exact) mass is 225 g/mol. The molecule has 0 bridgehead atoms. The second-order valence-electron chi connectivity index (χ2n) is 3.55. The second kappa shape index (κ2) is 6.59. The lowest BCUT2D eigenvalue weighted by Gasteiger charge is -2.13. The van der Waals surface area contributed by atoms with Gasteiger partial charge in [-0.2, -0.15) is 0 Å². The quantitative estimate of drug-likeness (QED) is 0.596. The zero-order valence-electron chi connectivity index (χ0n) is 8.87. The Morgan fingerprint density at radius 1 is 1.40 bits per heavy atom. The number of hydrogen-bond acceptors (Lipinski definition) is 2. The molecular weight excluding hydrogens is 210 g/mol. The molecule has 0 amide bonds. The van der Waals surface area contributed by atoms with Crippen molar-refractivity contribution in [3.05, 3.63) is 35.9 Å². The minimum atomic E-state index is -0.260. The van der Waals surface area contributed by atoms with Crippen LogP contribution in [0.5, 0.6) is 0 Å². The van der Waals surface area contributed by atoms with E-state index in [9.17, 15) is 4.79 Å². The minimum Gasteiger partial charge on any atom is -0.310 e. The molecule has 1 aromatic rings. The predicted octanol–water partition coefficient (Wildman–Crippen LogP) is 2.88. The molecule has 0 aliphatic rings. The van der Waals surface area contributed by atoms with Gasteiger partial charge in [0.05, 0.1) is 0 Å². The first-order valence-electron chi connectivity index (χ1n) is 5.17. The summed E-state index contributed by atoms with van der Waals surface area (Å²) < 4.78 is 0. The Morgan fingerprint density at radius 3 is 2.67 bits per heavy atom. The molecular formula is C12H16ClNO. The Morgan fingerprint density at radius 2 is 2.07 bits per heavy atom. The van der Waals surface area contributed by atoms with Crippen molar-refractivity contribution in [2.45, 2.75) is 25.8 Å². The summed E-state index contributed by atoms with van der Waals surface area (Å²) in [5, 5.41) is 3.08. The molecule has 0 aromatic heterocycles. The van der Waals surface area contributed by atoms with Crippen molar-refractivity contribution in [2.24, 2.45) is 0 Å². The van der Waals surface area contributed by atoms with E-state index in [2.05, 4.69) is 24.4 Å². The SMILES string of the molecule is C[C@H](NCCCC(=O)Cl)c1ccccc1. The Balaban J connectivity index is 2.25. The molecule has 0 spiro atoms. The fraction of sp³-hybridized carbons (Fsp3) is 0.417. The van der Waals surface area contributed by atoms with Gasteiger partial charge in [0.1, 0.15) is 0 Å². The molecule has 15 heavy (non-hydrogen) atoms. The average molecular weight is 226 g/mol. The molecule has 1 atom stereocenters. The Bertz CT molecular complexity index is 300. The Kier molecular flexibility index (Phi) is 5.37. The maximum Gasteiger partial charge on any atom is 0.221 e. The van der Waals surface area contributed by atoms with Crippen molar-refractivity contribution in [3.8, 4) is 0 Å². The summed E-state index contributed by atoms with van der Waals surface area (Å²) in [6, 6.07) is 10.5. The summed E-state index contributed by atoms with van der Waals surface area (Å²) >= 11 is 5.24. The lowest BCUT2D eigenvalue weighted by atomic mass is 10.1. The van der Waals surface area contributed by atoms with Gasteiger partial charge in [-0.1, -0.05) is 30.3 Å². The standard InChI is InChI=1S/C12H16ClNO/c1-10(11-6-3-2-4-7-11)14-9-5-8-12(13)15/h2-4,6-7,10,14H,5,8-9H2,1H3/t10-/m0/s1. The summed E-state index contributed by atoms with van der Waals surface area (Å²) in [7, 11) is 0. The van der Waals surface area contributed by atoms with Gasteiger partial charge in [0.25, 0.3) is 0 Å². The minimum absolute atomic E-state index is 0.260. The van der Waals surface area contributed by atoms with Crippen LogP contribution in [0, 0.1) is 0 Å². The molecule has 3 heteroatoms. The van der Waals surface area contributed by atoms with Gasteiger partial charge in [0.2, 0.25) is 5.24 Å². The van der Waals surface area contributed by atoms with E-state index < -0.39 is 0 Å². The fourth-order valence-corrected chi connectivity index (χ4v) is 1.54. The zero-order chi connectivity index (χ0) is 11.1. The van der Waals surface area contributed by atoms with Crippen LogP contribution in [0.4, 0.5) is 0 Å². The molecule has 0 fully saturated rings. The van der Waals surface area contributed by atoms with E-state index >= 15 is 0 Å². The van der Waals surface area contributed by atoms with E-state index in [1.807, 2.05) is 18.2 Å². The van der Waals surface area contributed by atoms with Gasteiger partial charge in [-0.25, -0.2) is 0 Å². The average Bonchev–Trinajstić information content (AvgIpc) is 2.25. The van der Waals surface area contributed by atoms with Crippen molar-refractivity contribution in [1.29, 1.82) is 0 Å². The van der Waals surface area contributed by atoms with E-state index in [4.69, 9.17) is 11.6 Å². The van der Waals surface area contributed by atoms with E-state index in [1.165, 1.54) is 5.56 Å². The Labute approximate surface area is 95.6 Å². The maximum atomic E-state index is 10.5. The van der Waals surface area contributed by atoms with Gasteiger partial charge in [-0.15, -0.1) is 0 Å². The van der Waals surface area contributed by atoms with Crippen LogP contribution in [0.25, 0.3) is 0 Å². The van der Waals surface area contributed by atoms with E-state index in [0.717, 1.165) is 13.0 Å². The van der Waals surface area contributed by atoms with Gasteiger partial charge in [0, 0.05) is 12.5 Å². The molecule has 0 radical (unpaired) electrons. The van der Waals surface area contributed by atoms with Crippen molar-refractivity contribution in [2.75, 3.05) is 6.54 Å². The van der Waals surface area contributed by atoms with E-state index in [0.29, 0.717) is 12.5 Å². The third kappa shape index (κ3) is 4.96. The molecule has 0 aliphatic heterocycles. The topological polar surface area (TPSA) is 29.1 Å². The van der Waals surface area contributed by atoms with Crippen LogP contribution in [0.3, 0.4) is 0 Å². The summed E-state index contributed by atoms with van der Waals surface area (Å²) in [6.07, 6.45) is 1.23. The van der Waals surface area contributed by atoms with Gasteiger partial charge >= 0.3 is 0 Å². The molecule has 82 valence electrons. The van der Waals surface area contributed by atoms with Gasteiger partial charge in [-0.3, -0.25) is 4.79 Å². The van der Waals surface area contributed by atoms with E-state index in [-0.39, 0.29) is 5.24 Å². The normalized spacial score (nSPS) is 12.4. The largest absolute Gasteiger partial charge is 0.310 e. The summed E-state index contributed by atoms with van der Waals surface area (Å²) in [6.45, 7) is 2.92. The molecule has 1 rings (SSSR count). The zero-order valence-corrected chi connectivity index (χ0v) is 9.63. The van der Waals surface area contributed by atoms with Crippen LogP contribution in [0.2, 0.25) is 0 Å². The van der Waals surface area contributed by atoms with Crippen molar-refractivity contribution in [1.82, 2.24) is 5.32 Å². The molecule has 2 nitrogen and oxygen atoms in total. The molecule has 0 saturated carbocycles. The number of carbonyl (C=O) groups excluding carboxylic acids is 1. The molecule has 0 unspecified atom stereocenters. The first-order chi connectivity index (χ1) is 7.20. The van der Waals surface area contributed by atoms with Gasteiger partial charge in [-0.05, 0) is 37.1 Å². The molecule has 0 heterocycles. The highest BCUT2D eigenvalue weighted by Gasteiger charge is 2.03. The number of benzene rings is 1. The lowest BCUT2D eigenvalue weighted by Crippen LogP contribution is -2.20. The van der Waals surface area contributed by atoms with Crippen LogP contribution < -0.4 is 5.32 Å². The number of hydrogen-bond donors (Lipinski definition) is 1. The van der Waals surface area contributed by atoms with Crippen LogP contribution >= 0.6 is 11.6 Å².